The quantitative estimate of drug-likeness (QED) is 0.0283. The average molecular weight is 1080 g/mol. The highest BCUT2D eigenvalue weighted by Gasteiger charge is 2.37. The van der Waals surface area contributed by atoms with Crippen molar-refractivity contribution < 1.29 is 58.2 Å². The van der Waals surface area contributed by atoms with Gasteiger partial charge in [0, 0.05) is 35.7 Å². The van der Waals surface area contributed by atoms with Gasteiger partial charge in [0.25, 0.3) is 0 Å². The molecular formula is C49H79N11O12S2. The summed E-state index contributed by atoms with van der Waals surface area (Å²) in [7, 11) is 0. The maximum atomic E-state index is 14.7. The molecule has 414 valence electrons. The van der Waals surface area contributed by atoms with Gasteiger partial charge in [0.15, 0.2) is 0 Å². The Labute approximate surface area is 442 Å². The number of H-pyrrole nitrogens is 1. The van der Waals surface area contributed by atoms with Crippen molar-refractivity contribution in [1.29, 1.82) is 0 Å². The number of amides is 9. The molecule has 0 fully saturated rings. The van der Waals surface area contributed by atoms with Gasteiger partial charge in [-0.25, -0.2) is 0 Å². The van der Waals surface area contributed by atoms with E-state index in [4.69, 9.17) is 11.5 Å². The summed E-state index contributed by atoms with van der Waals surface area (Å²) in [6.07, 6.45) is 2.32. The molecule has 0 aliphatic rings. The minimum atomic E-state index is -1.71. The van der Waals surface area contributed by atoms with Crippen LogP contribution in [-0.4, -0.2) is 159 Å². The molecule has 0 bridgehead atoms. The first kappa shape index (κ1) is 64.4. The van der Waals surface area contributed by atoms with Crippen LogP contribution in [0.25, 0.3) is 10.9 Å². The summed E-state index contributed by atoms with van der Waals surface area (Å²) in [5.41, 5.74) is 12.4. The standard InChI is InChI=1S/C49H79N11O12S2/c1-9-27(6)40(48(71)60-41(28(7)63)49(72)55-34(14-15-39(51)64)43(66)53-30(22-61)24-73)59-47(70)38(20-29-21-52-33-13-11-10-12-31(29)33)58-44(67)35(16-17-74-8)54-45(68)37(19-26(4)5)57-46(69)36(18-25(2)3)56-42(65)32(50)23-62/h10-13,21-22,25-28,30,32,34-38,40-41,52,62-63,73H,9,14-20,23-24,50H2,1-8H3,(H2,51,64)(H,53,66)(H,54,68)(H,55,72)(H,56,65)(H,57,69)(H,58,67)(H,59,70)(H,60,71)/t27-,28+,30+,32-,34-,35-,36-,37-,38-,40-,41-/m0/s1. The van der Waals surface area contributed by atoms with Gasteiger partial charge < -0.3 is 74.0 Å². The summed E-state index contributed by atoms with van der Waals surface area (Å²) in [6.45, 7) is 11.3. The number of aliphatic hydroxyl groups excluding tert-OH is 2. The molecule has 0 aliphatic carbocycles. The predicted octanol–water partition coefficient (Wildman–Crippen LogP) is -1.43. The van der Waals surface area contributed by atoms with E-state index in [-0.39, 0.29) is 56.1 Å². The Morgan fingerprint density at radius 3 is 1.70 bits per heavy atom. The number of benzene rings is 1. The second-order valence-corrected chi connectivity index (χ2v) is 20.6. The highest BCUT2D eigenvalue weighted by Crippen LogP contribution is 2.20. The maximum Gasteiger partial charge on any atom is 0.245 e. The lowest BCUT2D eigenvalue weighted by Crippen LogP contribution is -2.62. The number of para-hydroxylation sites is 1. The van der Waals surface area contributed by atoms with Crippen LogP contribution in [0.5, 0.6) is 0 Å². The Kier molecular flexibility index (Phi) is 28.3. The highest BCUT2D eigenvalue weighted by molar-refractivity contribution is 7.98. The van der Waals surface area contributed by atoms with Crippen LogP contribution in [0.1, 0.15) is 92.6 Å². The summed E-state index contributed by atoms with van der Waals surface area (Å²) in [5, 5.41) is 41.8. The number of aldehydes is 1. The summed E-state index contributed by atoms with van der Waals surface area (Å²) in [5.74, 6) is -7.82. The van der Waals surface area contributed by atoms with Crippen molar-refractivity contribution in [2.24, 2.45) is 29.2 Å². The number of aromatic amines is 1. The van der Waals surface area contributed by atoms with Gasteiger partial charge in [-0.1, -0.05) is 66.2 Å². The molecule has 1 heterocycles. The first-order valence-corrected chi connectivity index (χ1v) is 26.8. The van der Waals surface area contributed by atoms with Gasteiger partial charge in [0.05, 0.1) is 18.8 Å². The molecule has 1 aromatic carbocycles. The predicted molar refractivity (Wildman–Crippen MR) is 284 cm³/mol. The minimum absolute atomic E-state index is 0.0735. The molecule has 0 spiro atoms. The number of fused-ring (bicyclic) bond motifs is 1. The van der Waals surface area contributed by atoms with E-state index in [1.807, 2.05) is 45.9 Å². The number of carbonyl (C=O) groups excluding carboxylic acids is 10. The van der Waals surface area contributed by atoms with E-state index in [1.54, 1.807) is 32.4 Å². The SMILES string of the molecule is CC[C@H](C)[C@H](NC(=O)[C@H](Cc1c[nH]c2ccccc12)NC(=O)[C@H](CCSC)NC(=O)[C@H](CC(C)C)NC(=O)[C@H](CC(C)C)NC(=O)[C@@H](N)CO)C(=O)N[C@H](C(=O)N[C@@H](CCC(N)=O)C(=O)N[C@H](C=O)CS)[C@@H](C)O. The van der Waals surface area contributed by atoms with Gasteiger partial charge in [-0.2, -0.15) is 24.4 Å². The van der Waals surface area contributed by atoms with Crippen LogP contribution in [0.4, 0.5) is 0 Å². The van der Waals surface area contributed by atoms with E-state index in [2.05, 4.69) is 60.1 Å². The third-order valence-electron chi connectivity index (χ3n) is 12.0. The third kappa shape index (κ3) is 21.2. The lowest BCUT2D eigenvalue weighted by molar-refractivity contribution is -0.137. The smallest absolute Gasteiger partial charge is 0.245 e. The molecule has 74 heavy (non-hydrogen) atoms. The number of aromatic nitrogens is 1. The molecule has 25 heteroatoms. The first-order valence-electron chi connectivity index (χ1n) is 24.8. The molecule has 11 atom stereocenters. The number of primary amides is 1. The van der Waals surface area contributed by atoms with Crippen LogP contribution in [-0.2, 0) is 54.4 Å². The van der Waals surface area contributed by atoms with Crippen LogP contribution in [0.15, 0.2) is 30.5 Å². The summed E-state index contributed by atoms with van der Waals surface area (Å²) in [6, 6.07) is -4.50. The number of thiol groups is 1. The third-order valence-corrected chi connectivity index (χ3v) is 13.1. The Morgan fingerprint density at radius 2 is 1.18 bits per heavy atom. The number of thioether (sulfide) groups is 1. The molecule has 9 amide bonds. The number of aliphatic hydroxyl groups is 2. The number of rotatable bonds is 34. The molecule has 0 saturated heterocycles. The van der Waals surface area contributed by atoms with Crippen molar-refractivity contribution >= 4 is 94.7 Å². The van der Waals surface area contributed by atoms with Crippen LogP contribution in [0.3, 0.4) is 0 Å². The van der Waals surface area contributed by atoms with Crippen molar-refractivity contribution in [2.75, 3.05) is 24.4 Å². The van der Waals surface area contributed by atoms with Crippen molar-refractivity contribution in [3.8, 4) is 0 Å². The van der Waals surface area contributed by atoms with Crippen molar-refractivity contribution in [1.82, 2.24) is 47.5 Å². The maximum absolute atomic E-state index is 14.7. The van der Waals surface area contributed by atoms with E-state index in [0.717, 1.165) is 10.9 Å². The monoisotopic (exact) mass is 1080 g/mol. The molecule has 2 rings (SSSR count). The molecule has 0 aliphatic heterocycles. The van der Waals surface area contributed by atoms with Gasteiger partial charge in [0.1, 0.15) is 54.6 Å². The lowest BCUT2D eigenvalue weighted by Gasteiger charge is -2.30. The van der Waals surface area contributed by atoms with E-state index in [9.17, 15) is 58.2 Å². The molecular weight excluding hydrogens is 999 g/mol. The second kappa shape index (κ2) is 32.5. The fourth-order valence-corrected chi connectivity index (χ4v) is 8.29. The summed E-state index contributed by atoms with van der Waals surface area (Å²) in [4.78, 5) is 137. The Hall–Kier alpha value is -5.76. The topological polar surface area (TPSA) is 375 Å². The largest absolute Gasteiger partial charge is 0.394 e. The number of hydrogen-bond donors (Lipinski definition) is 14. The van der Waals surface area contributed by atoms with E-state index >= 15 is 0 Å². The van der Waals surface area contributed by atoms with Gasteiger partial charge in [-0.05, 0) is 74.0 Å². The van der Waals surface area contributed by atoms with Crippen LogP contribution in [0, 0.1) is 17.8 Å². The van der Waals surface area contributed by atoms with E-state index < -0.39 is 126 Å². The molecule has 2 aromatic rings. The number of nitrogens with one attached hydrogen (secondary N) is 9. The highest BCUT2D eigenvalue weighted by atomic mass is 32.2. The fourth-order valence-electron chi connectivity index (χ4n) is 7.65. The summed E-state index contributed by atoms with van der Waals surface area (Å²) < 4.78 is 0. The zero-order chi connectivity index (χ0) is 55.8. The van der Waals surface area contributed by atoms with E-state index in [1.165, 1.54) is 18.7 Å². The summed E-state index contributed by atoms with van der Waals surface area (Å²) >= 11 is 5.42. The molecule has 0 unspecified atom stereocenters. The van der Waals surface area contributed by atoms with Crippen LogP contribution < -0.4 is 54.0 Å². The van der Waals surface area contributed by atoms with Crippen molar-refractivity contribution in [3.63, 3.8) is 0 Å². The van der Waals surface area contributed by atoms with Crippen LogP contribution >= 0.6 is 24.4 Å². The number of nitrogens with two attached hydrogens (primary N) is 2. The fraction of sp³-hybridized carbons (Fsp3) is 0.633. The normalized spacial score (nSPS) is 15.9. The van der Waals surface area contributed by atoms with Gasteiger partial charge in [-0.3, -0.25) is 43.2 Å². The zero-order valence-corrected chi connectivity index (χ0v) is 45.2. The Bertz CT molecular complexity index is 2210. The van der Waals surface area contributed by atoms with Crippen molar-refractivity contribution in [2.45, 2.75) is 154 Å². The second-order valence-electron chi connectivity index (χ2n) is 19.2. The molecule has 0 radical (unpaired) electrons. The average Bonchev–Trinajstić information content (AvgIpc) is 3.76. The van der Waals surface area contributed by atoms with Gasteiger partial charge in [-0.15, -0.1) is 0 Å². The Morgan fingerprint density at radius 1 is 0.689 bits per heavy atom. The number of hydrogen-bond acceptors (Lipinski definition) is 15. The minimum Gasteiger partial charge on any atom is -0.394 e. The van der Waals surface area contributed by atoms with E-state index in [0.29, 0.717) is 24.0 Å². The molecule has 1 aromatic heterocycles. The van der Waals surface area contributed by atoms with Gasteiger partial charge in [0.2, 0.25) is 53.2 Å². The van der Waals surface area contributed by atoms with Crippen LogP contribution in [0.2, 0.25) is 0 Å². The number of carbonyl (C=O) groups is 10. The Balaban J connectivity index is 2.54. The lowest BCUT2D eigenvalue weighted by atomic mass is 9.96. The zero-order valence-electron chi connectivity index (χ0n) is 43.5. The molecule has 0 saturated carbocycles. The molecule has 23 nitrogen and oxygen atoms in total. The first-order chi connectivity index (χ1) is 34.9. The van der Waals surface area contributed by atoms with Gasteiger partial charge >= 0.3 is 0 Å². The molecule has 15 N–H and O–H groups in total. The van der Waals surface area contributed by atoms with Crippen molar-refractivity contribution in [3.05, 3.63) is 36.0 Å².